The van der Waals surface area contributed by atoms with E-state index in [1.54, 1.807) is 4.57 Å². The van der Waals surface area contributed by atoms with E-state index in [0.717, 1.165) is 25.7 Å². The molecule has 1 unspecified atom stereocenters. The van der Waals surface area contributed by atoms with E-state index in [0.29, 0.717) is 6.61 Å². The second-order valence-electron chi connectivity index (χ2n) is 5.45. The molecule has 104 valence electrons. The summed E-state index contributed by atoms with van der Waals surface area (Å²) in [6, 6.07) is 0.113. The highest BCUT2D eigenvalue weighted by atomic mass is 35.5. The Morgan fingerprint density at radius 3 is 2.84 bits per heavy atom. The maximum absolute atomic E-state index is 12.2. The highest BCUT2D eigenvalue weighted by molar-refractivity contribution is 6.40. The van der Waals surface area contributed by atoms with Gasteiger partial charge in [-0.15, -0.1) is 0 Å². The van der Waals surface area contributed by atoms with Crippen LogP contribution in [0, 0.1) is 0 Å². The lowest BCUT2D eigenvalue weighted by Crippen LogP contribution is -2.40. The van der Waals surface area contributed by atoms with Crippen LogP contribution in [0.2, 0.25) is 10.2 Å². The van der Waals surface area contributed by atoms with Gasteiger partial charge in [0.15, 0.2) is 5.15 Å². The first-order chi connectivity index (χ1) is 9.11. The minimum absolute atomic E-state index is 0.0103. The minimum atomic E-state index is -0.248. The van der Waals surface area contributed by atoms with Gasteiger partial charge in [-0.1, -0.05) is 36.0 Å². The van der Waals surface area contributed by atoms with Gasteiger partial charge in [-0.3, -0.25) is 9.36 Å². The Balaban J connectivity index is 1.90. The van der Waals surface area contributed by atoms with Gasteiger partial charge in [0, 0.05) is 12.6 Å². The molecule has 1 saturated carbocycles. The van der Waals surface area contributed by atoms with Crippen LogP contribution in [0.1, 0.15) is 44.6 Å². The zero-order chi connectivity index (χ0) is 13.5. The zero-order valence-electron chi connectivity index (χ0n) is 10.6. The van der Waals surface area contributed by atoms with Crippen LogP contribution >= 0.6 is 23.2 Å². The molecule has 1 aliphatic carbocycles. The lowest BCUT2D eigenvalue weighted by Gasteiger charge is -2.38. The third-order valence-corrected chi connectivity index (χ3v) is 5.00. The van der Waals surface area contributed by atoms with Crippen LogP contribution in [0.4, 0.5) is 0 Å². The normalized spacial score (nSPS) is 25.9. The fourth-order valence-corrected chi connectivity index (χ4v) is 3.56. The molecule has 1 aromatic rings. The fraction of sp³-hybridized carbons (Fsp3) is 0.692. The fourth-order valence-electron chi connectivity index (χ4n) is 3.29. The maximum Gasteiger partial charge on any atom is 0.273 e. The first-order valence-corrected chi connectivity index (χ1v) is 7.43. The van der Waals surface area contributed by atoms with Gasteiger partial charge in [-0.2, -0.15) is 0 Å². The molecule has 4 nitrogen and oxygen atoms in total. The van der Waals surface area contributed by atoms with E-state index in [-0.39, 0.29) is 27.4 Å². The van der Waals surface area contributed by atoms with Crippen LogP contribution in [0.15, 0.2) is 11.1 Å². The van der Waals surface area contributed by atoms with Crippen LogP contribution < -0.4 is 5.56 Å². The minimum Gasteiger partial charge on any atom is -0.375 e. The summed E-state index contributed by atoms with van der Waals surface area (Å²) in [6.07, 6.45) is 7.80. The molecule has 1 aromatic heterocycles. The summed E-state index contributed by atoms with van der Waals surface area (Å²) in [5.74, 6) is 0. The molecule has 0 bridgehead atoms. The van der Waals surface area contributed by atoms with Crippen LogP contribution in [-0.4, -0.2) is 21.8 Å². The van der Waals surface area contributed by atoms with Gasteiger partial charge in [-0.25, -0.2) is 4.98 Å². The number of rotatable bonds is 1. The van der Waals surface area contributed by atoms with Gasteiger partial charge in [-0.05, 0) is 25.7 Å². The lowest BCUT2D eigenvalue weighted by atomic mass is 9.89. The number of hydrogen-bond acceptors (Lipinski definition) is 3. The number of aromatic nitrogens is 2. The molecule has 6 heteroatoms. The smallest absolute Gasteiger partial charge is 0.273 e. The zero-order valence-corrected chi connectivity index (χ0v) is 12.1. The van der Waals surface area contributed by atoms with Crippen LogP contribution in [0.25, 0.3) is 0 Å². The Morgan fingerprint density at radius 1 is 1.37 bits per heavy atom. The molecule has 1 saturated heterocycles. The van der Waals surface area contributed by atoms with E-state index in [2.05, 4.69) is 4.98 Å². The largest absolute Gasteiger partial charge is 0.375 e. The van der Waals surface area contributed by atoms with Crippen molar-refractivity contribution in [1.29, 1.82) is 0 Å². The van der Waals surface area contributed by atoms with E-state index in [4.69, 9.17) is 27.9 Å². The summed E-state index contributed by atoms with van der Waals surface area (Å²) in [7, 11) is 0. The third kappa shape index (κ3) is 2.41. The Kier molecular flexibility index (Phi) is 3.58. The molecule has 0 aromatic carbocycles. The average Bonchev–Trinajstić information content (AvgIpc) is 2.84. The molecule has 1 aliphatic heterocycles. The highest BCUT2D eigenvalue weighted by Gasteiger charge is 2.40. The Bertz CT molecular complexity index is 538. The van der Waals surface area contributed by atoms with Gasteiger partial charge in [0.1, 0.15) is 5.02 Å². The van der Waals surface area contributed by atoms with E-state index in [1.165, 1.54) is 19.2 Å². The van der Waals surface area contributed by atoms with Gasteiger partial charge in [0.25, 0.3) is 5.56 Å². The first-order valence-electron chi connectivity index (χ1n) is 6.67. The quantitative estimate of drug-likeness (QED) is 0.748. The second kappa shape index (κ2) is 5.08. The van der Waals surface area contributed by atoms with Crippen molar-refractivity contribution in [1.82, 2.24) is 9.55 Å². The maximum atomic E-state index is 12.2. The lowest BCUT2D eigenvalue weighted by molar-refractivity contribution is -0.0899. The molecule has 2 fully saturated rings. The highest BCUT2D eigenvalue weighted by Crippen LogP contribution is 2.43. The molecular weight excluding hydrogens is 287 g/mol. The Hall–Kier alpha value is -0.580. The Morgan fingerprint density at radius 2 is 2.11 bits per heavy atom. The summed E-state index contributed by atoms with van der Waals surface area (Å²) in [4.78, 5) is 16.1. The van der Waals surface area contributed by atoms with Gasteiger partial charge >= 0.3 is 0 Å². The molecule has 0 radical (unpaired) electrons. The Labute approximate surface area is 121 Å². The molecule has 3 rings (SSSR count). The number of hydrogen-bond donors (Lipinski definition) is 0. The molecule has 1 spiro atoms. The van der Waals surface area contributed by atoms with Crippen molar-refractivity contribution < 1.29 is 4.74 Å². The molecule has 2 aliphatic rings. The number of halogens is 2. The SMILES string of the molecule is O=c1c(Cl)c(Cl)ncn1C1CCOC2(CCCC2)C1. The van der Waals surface area contributed by atoms with Crippen LogP contribution in [0.5, 0.6) is 0 Å². The van der Waals surface area contributed by atoms with E-state index >= 15 is 0 Å². The van der Waals surface area contributed by atoms with E-state index in [1.807, 2.05) is 0 Å². The van der Waals surface area contributed by atoms with Crippen molar-refractivity contribution in [3.63, 3.8) is 0 Å². The molecule has 0 amide bonds. The summed E-state index contributed by atoms with van der Waals surface area (Å²) in [6.45, 7) is 0.692. The van der Waals surface area contributed by atoms with Gasteiger partial charge in [0.2, 0.25) is 0 Å². The summed E-state index contributed by atoms with van der Waals surface area (Å²) in [5, 5.41) is 0.0849. The molecule has 1 atom stereocenters. The summed E-state index contributed by atoms with van der Waals surface area (Å²) in [5.41, 5.74) is -0.282. The number of ether oxygens (including phenoxy) is 1. The summed E-state index contributed by atoms with van der Waals surface area (Å²) >= 11 is 11.7. The van der Waals surface area contributed by atoms with Crippen molar-refractivity contribution in [3.8, 4) is 0 Å². The van der Waals surface area contributed by atoms with Crippen molar-refractivity contribution in [2.24, 2.45) is 0 Å². The van der Waals surface area contributed by atoms with Crippen molar-refractivity contribution >= 4 is 23.2 Å². The van der Waals surface area contributed by atoms with Gasteiger partial charge < -0.3 is 4.74 Å². The van der Waals surface area contributed by atoms with E-state index in [9.17, 15) is 4.79 Å². The van der Waals surface area contributed by atoms with Crippen LogP contribution in [-0.2, 0) is 4.74 Å². The third-order valence-electron chi connectivity index (χ3n) is 4.27. The standard InChI is InChI=1S/C13H16Cl2N2O2/c14-10-11(15)16-8-17(12(10)18)9-3-6-19-13(7-9)4-1-2-5-13/h8-9H,1-7H2. The van der Waals surface area contributed by atoms with Crippen molar-refractivity contribution in [2.45, 2.75) is 50.2 Å². The first kappa shape index (κ1) is 13.4. The van der Waals surface area contributed by atoms with Crippen molar-refractivity contribution in [3.05, 3.63) is 26.9 Å². The summed E-state index contributed by atoms with van der Waals surface area (Å²) < 4.78 is 7.60. The topological polar surface area (TPSA) is 44.1 Å². The second-order valence-corrected chi connectivity index (χ2v) is 6.18. The molecule has 0 N–H and O–H groups in total. The predicted molar refractivity (Wildman–Crippen MR) is 73.9 cm³/mol. The van der Waals surface area contributed by atoms with E-state index < -0.39 is 0 Å². The molecule has 19 heavy (non-hydrogen) atoms. The predicted octanol–water partition coefficient (Wildman–Crippen LogP) is 3.21. The molecular formula is C13H16Cl2N2O2. The number of nitrogens with zero attached hydrogens (tertiary/aromatic N) is 2. The van der Waals surface area contributed by atoms with Crippen molar-refractivity contribution in [2.75, 3.05) is 6.61 Å². The van der Waals surface area contributed by atoms with Crippen LogP contribution in [0.3, 0.4) is 0 Å². The molecule has 2 heterocycles. The van der Waals surface area contributed by atoms with Gasteiger partial charge in [0.05, 0.1) is 11.9 Å². The monoisotopic (exact) mass is 302 g/mol. The average molecular weight is 303 g/mol.